The fraction of sp³-hybridized carbons (Fsp3) is 0.125. The quantitative estimate of drug-likeness (QED) is 0.207. The number of thiocarbonyl (C=S) groups is 1. The van der Waals surface area contributed by atoms with Crippen LogP contribution in [0.15, 0.2) is 70.2 Å². The minimum absolute atomic E-state index is 0.0896. The van der Waals surface area contributed by atoms with Gasteiger partial charge in [-0.2, -0.15) is 0 Å². The van der Waals surface area contributed by atoms with Crippen LogP contribution in [0, 0.1) is 0 Å². The Morgan fingerprint density at radius 1 is 1.16 bits per heavy atom. The Bertz CT molecular complexity index is 1200. The summed E-state index contributed by atoms with van der Waals surface area (Å²) in [7, 11) is 1.47. The van der Waals surface area contributed by atoms with E-state index < -0.39 is 5.97 Å². The van der Waals surface area contributed by atoms with Crippen molar-refractivity contribution in [3.63, 3.8) is 0 Å². The standard InChI is InChI=1S/C24H19NO5S2/c1-3-15-6-9-17(10-7-15)25-22(26)21(32-24(25)31)14-16-8-11-18(20(13-16)28-2)30-23(27)19-5-4-12-29-19/h4-14H,3H2,1-2H3. The molecule has 0 N–H and O–H groups in total. The van der Waals surface area contributed by atoms with E-state index >= 15 is 0 Å². The summed E-state index contributed by atoms with van der Waals surface area (Å²) in [5.41, 5.74) is 2.64. The molecular weight excluding hydrogens is 446 g/mol. The predicted molar refractivity (Wildman–Crippen MR) is 128 cm³/mol. The zero-order chi connectivity index (χ0) is 22.7. The molecule has 0 atom stereocenters. The molecule has 6 nitrogen and oxygen atoms in total. The lowest BCUT2D eigenvalue weighted by Gasteiger charge is -2.14. The number of aryl methyl sites for hydroxylation is 1. The van der Waals surface area contributed by atoms with E-state index in [-0.39, 0.29) is 17.4 Å². The fourth-order valence-corrected chi connectivity index (χ4v) is 4.42. The smallest absolute Gasteiger partial charge is 0.379 e. The maximum Gasteiger partial charge on any atom is 0.379 e. The Morgan fingerprint density at radius 2 is 1.94 bits per heavy atom. The molecule has 0 aliphatic carbocycles. The van der Waals surface area contributed by atoms with Crippen LogP contribution >= 0.6 is 24.0 Å². The molecular formula is C24H19NO5S2. The normalized spacial score (nSPS) is 14.8. The number of benzene rings is 2. The van der Waals surface area contributed by atoms with Gasteiger partial charge in [-0.05, 0) is 60.0 Å². The molecule has 0 bridgehead atoms. The molecule has 1 fully saturated rings. The van der Waals surface area contributed by atoms with Crippen molar-refractivity contribution < 1.29 is 23.5 Å². The predicted octanol–water partition coefficient (Wildman–Crippen LogP) is 5.48. The van der Waals surface area contributed by atoms with Crippen molar-refractivity contribution in [1.29, 1.82) is 0 Å². The van der Waals surface area contributed by atoms with Crippen molar-refractivity contribution in [3.05, 3.63) is 82.7 Å². The third-order valence-corrected chi connectivity index (χ3v) is 6.11. The van der Waals surface area contributed by atoms with Gasteiger partial charge in [-0.25, -0.2) is 4.79 Å². The molecule has 0 spiro atoms. The van der Waals surface area contributed by atoms with Gasteiger partial charge in [-0.1, -0.05) is 49.1 Å². The van der Waals surface area contributed by atoms with E-state index in [1.807, 2.05) is 24.3 Å². The number of hydrogen-bond donors (Lipinski definition) is 0. The number of hydrogen-bond acceptors (Lipinski definition) is 7. The second-order valence-electron chi connectivity index (χ2n) is 6.81. The van der Waals surface area contributed by atoms with Crippen molar-refractivity contribution in [1.82, 2.24) is 0 Å². The van der Waals surface area contributed by atoms with E-state index in [0.717, 1.165) is 12.1 Å². The number of carbonyl (C=O) groups is 2. The minimum atomic E-state index is -0.629. The number of ether oxygens (including phenoxy) is 2. The van der Waals surface area contributed by atoms with Crippen molar-refractivity contribution in [3.8, 4) is 11.5 Å². The average molecular weight is 466 g/mol. The minimum Gasteiger partial charge on any atom is -0.493 e. The number of thioether (sulfide) groups is 1. The summed E-state index contributed by atoms with van der Waals surface area (Å²) >= 11 is 6.68. The van der Waals surface area contributed by atoms with Gasteiger partial charge in [0.25, 0.3) is 5.91 Å². The van der Waals surface area contributed by atoms with E-state index in [1.165, 1.54) is 41.7 Å². The summed E-state index contributed by atoms with van der Waals surface area (Å²) in [6.07, 6.45) is 4.05. The van der Waals surface area contributed by atoms with Gasteiger partial charge in [0.2, 0.25) is 5.76 Å². The monoisotopic (exact) mass is 465 g/mol. The summed E-state index contributed by atoms with van der Waals surface area (Å²) in [4.78, 5) is 27.2. The number of amides is 1. The number of rotatable bonds is 6. The summed E-state index contributed by atoms with van der Waals surface area (Å²) in [5.74, 6) is -0.127. The Morgan fingerprint density at radius 3 is 2.59 bits per heavy atom. The van der Waals surface area contributed by atoms with Crippen LogP contribution in [0.1, 0.15) is 28.6 Å². The Labute approximate surface area is 194 Å². The highest BCUT2D eigenvalue weighted by atomic mass is 32.2. The third-order valence-electron chi connectivity index (χ3n) is 4.81. The third kappa shape index (κ3) is 4.46. The zero-order valence-electron chi connectivity index (χ0n) is 17.4. The second-order valence-corrected chi connectivity index (χ2v) is 8.49. The Kier molecular flexibility index (Phi) is 6.43. The number of carbonyl (C=O) groups excluding carboxylic acids is 2. The number of nitrogens with zero attached hydrogens (tertiary/aromatic N) is 1. The molecule has 0 saturated carbocycles. The number of anilines is 1. The first kappa shape index (κ1) is 21.9. The first-order valence-electron chi connectivity index (χ1n) is 9.80. The maximum atomic E-state index is 13.0. The number of methoxy groups -OCH3 is 1. The summed E-state index contributed by atoms with van der Waals surface area (Å²) in [6.45, 7) is 2.08. The van der Waals surface area contributed by atoms with Gasteiger partial charge in [0.1, 0.15) is 0 Å². The zero-order valence-corrected chi connectivity index (χ0v) is 19.0. The van der Waals surface area contributed by atoms with Gasteiger partial charge in [0.05, 0.1) is 24.0 Å². The van der Waals surface area contributed by atoms with Crippen molar-refractivity contribution in [2.75, 3.05) is 12.0 Å². The number of furan rings is 1. The van der Waals surface area contributed by atoms with E-state index in [0.29, 0.717) is 20.5 Å². The molecule has 1 aromatic heterocycles. The molecule has 8 heteroatoms. The highest BCUT2D eigenvalue weighted by Crippen LogP contribution is 2.37. The molecule has 1 aliphatic heterocycles. The Hall–Kier alpha value is -3.36. The fourth-order valence-electron chi connectivity index (χ4n) is 3.13. The van der Waals surface area contributed by atoms with E-state index in [4.69, 9.17) is 26.1 Å². The van der Waals surface area contributed by atoms with Gasteiger partial charge in [0, 0.05) is 0 Å². The summed E-state index contributed by atoms with van der Waals surface area (Å²) in [5, 5.41) is 0. The molecule has 2 aromatic carbocycles. The molecule has 1 aliphatic rings. The number of esters is 1. The molecule has 162 valence electrons. The van der Waals surface area contributed by atoms with Gasteiger partial charge in [0.15, 0.2) is 15.8 Å². The summed E-state index contributed by atoms with van der Waals surface area (Å²) in [6, 6.07) is 15.9. The van der Waals surface area contributed by atoms with Gasteiger partial charge >= 0.3 is 5.97 Å². The van der Waals surface area contributed by atoms with E-state index in [9.17, 15) is 9.59 Å². The SMILES string of the molecule is CCc1ccc(N2C(=O)C(=Cc3ccc(OC(=O)c4ccco4)c(OC)c3)SC2=S)cc1. The molecule has 1 amide bonds. The molecule has 0 radical (unpaired) electrons. The molecule has 3 aromatic rings. The first-order valence-corrected chi connectivity index (χ1v) is 11.0. The highest BCUT2D eigenvalue weighted by molar-refractivity contribution is 8.27. The van der Waals surface area contributed by atoms with Crippen LogP contribution in [0.25, 0.3) is 6.08 Å². The Balaban J connectivity index is 1.56. The average Bonchev–Trinajstić information content (AvgIpc) is 3.43. The van der Waals surface area contributed by atoms with Gasteiger partial charge in [-0.3, -0.25) is 9.69 Å². The lowest BCUT2D eigenvalue weighted by Crippen LogP contribution is -2.27. The van der Waals surface area contributed by atoms with Crippen LogP contribution in [0.5, 0.6) is 11.5 Å². The molecule has 0 unspecified atom stereocenters. The highest BCUT2D eigenvalue weighted by Gasteiger charge is 2.33. The maximum absolute atomic E-state index is 13.0. The second kappa shape index (κ2) is 9.42. The van der Waals surface area contributed by atoms with E-state index in [2.05, 4.69) is 6.92 Å². The largest absolute Gasteiger partial charge is 0.493 e. The van der Waals surface area contributed by atoms with Gasteiger partial charge < -0.3 is 13.9 Å². The van der Waals surface area contributed by atoms with Crippen LogP contribution in [0.3, 0.4) is 0 Å². The molecule has 4 rings (SSSR count). The van der Waals surface area contributed by atoms with Crippen LogP contribution in [-0.4, -0.2) is 23.3 Å². The van der Waals surface area contributed by atoms with Crippen LogP contribution < -0.4 is 14.4 Å². The van der Waals surface area contributed by atoms with E-state index in [1.54, 1.807) is 30.3 Å². The lowest BCUT2D eigenvalue weighted by atomic mass is 10.1. The van der Waals surface area contributed by atoms with Crippen LogP contribution in [-0.2, 0) is 11.2 Å². The summed E-state index contributed by atoms with van der Waals surface area (Å²) < 4.78 is 16.2. The lowest BCUT2D eigenvalue weighted by molar-refractivity contribution is -0.113. The molecule has 2 heterocycles. The molecule has 32 heavy (non-hydrogen) atoms. The van der Waals surface area contributed by atoms with Crippen LogP contribution in [0.2, 0.25) is 0 Å². The molecule has 1 saturated heterocycles. The van der Waals surface area contributed by atoms with Gasteiger partial charge in [-0.15, -0.1) is 0 Å². The van der Waals surface area contributed by atoms with Crippen molar-refractivity contribution in [2.24, 2.45) is 0 Å². The van der Waals surface area contributed by atoms with Crippen LogP contribution in [0.4, 0.5) is 5.69 Å². The van der Waals surface area contributed by atoms with Crippen molar-refractivity contribution in [2.45, 2.75) is 13.3 Å². The first-order chi connectivity index (χ1) is 15.5. The van der Waals surface area contributed by atoms with Crippen molar-refractivity contribution >= 4 is 51.9 Å². The topological polar surface area (TPSA) is 69.0 Å².